The van der Waals surface area contributed by atoms with Gasteiger partial charge in [0.1, 0.15) is 5.75 Å². The number of hydrogen-bond acceptors (Lipinski definition) is 3. The number of unbranched alkanes of at least 4 members (excludes halogenated alkanes) is 1. The van der Waals surface area contributed by atoms with E-state index in [0.29, 0.717) is 6.54 Å². The van der Waals surface area contributed by atoms with Crippen molar-refractivity contribution in [1.82, 2.24) is 5.32 Å². The second-order valence-corrected chi connectivity index (χ2v) is 6.26. The van der Waals surface area contributed by atoms with Crippen LogP contribution in [0.3, 0.4) is 0 Å². The van der Waals surface area contributed by atoms with Crippen LogP contribution in [-0.2, 0) is 6.54 Å². The maximum atomic E-state index is 11.9. The lowest BCUT2D eigenvalue weighted by atomic mass is 10.2. The van der Waals surface area contributed by atoms with E-state index in [1.54, 1.807) is 11.8 Å². The number of amides is 2. The first kappa shape index (κ1) is 18.2. The fourth-order valence-corrected chi connectivity index (χ4v) is 2.48. The lowest BCUT2D eigenvalue weighted by Crippen LogP contribution is -2.28. The third-order valence-electron chi connectivity index (χ3n) is 3.49. The summed E-state index contributed by atoms with van der Waals surface area (Å²) in [5.74, 6) is 0.822. The maximum absolute atomic E-state index is 11.9. The van der Waals surface area contributed by atoms with Gasteiger partial charge in [-0.05, 0) is 54.6 Å². The summed E-state index contributed by atoms with van der Waals surface area (Å²) < 4.78 is 5.60. The van der Waals surface area contributed by atoms with Crippen molar-refractivity contribution in [2.75, 3.05) is 18.2 Å². The number of nitrogens with one attached hydrogen (secondary N) is 2. The molecule has 0 aromatic heterocycles. The van der Waals surface area contributed by atoms with Gasteiger partial charge in [0.25, 0.3) is 0 Å². The van der Waals surface area contributed by atoms with Gasteiger partial charge in [0, 0.05) is 17.1 Å². The normalized spacial score (nSPS) is 10.2. The van der Waals surface area contributed by atoms with Crippen molar-refractivity contribution in [2.45, 2.75) is 31.2 Å². The zero-order valence-corrected chi connectivity index (χ0v) is 15.0. The maximum Gasteiger partial charge on any atom is 0.319 e. The average molecular weight is 344 g/mol. The van der Waals surface area contributed by atoms with Crippen LogP contribution in [0, 0.1) is 0 Å². The van der Waals surface area contributed by atoms with Gasteiger partial charge in [-0.1, -0.05) is 25.5 Å². The highest BCUT2D eigenvalue weighted by atomic mass is 32.2. The Kier molecular flexibility index (Phi) is 7.49. The molecule has 0 bridgehead atoms. The number of anilines is 1. The quantitative estimate of drug-likeness (QED) is 0.528. The highest BCUT2D eigenvalue weighted by Gasteiger charge is 2.02. The van der Waals surface area contributed by atoms with E-state index >= 15 is 0 Å². The summed E-state index contributed by atoms with van der Waals surface area (Å²) in [6, 6.07) is 15.3. The van der Waals surface area contributed by atoms with Gasteiger partial charge in [-0.25, -0.2) is 4.79 Å². The Morgan fingerprint density at radius 1 is 1.08 bits per heavy atom. The molecular formula is C19H24N2O2S. The second kappa shape index (κ2) is 9.88. The molecule has 0 aliphatic heterocycles. The number of hydrogen-bond donors (Lipinski definition) is 2. The van der Waals surface area contributed by atoms with Crippen molar-refractivity contribution in [3.63, 3.8) is 0 Å². The Morgan fingerprint density at radius 2 is 1.79 bits per heavy atom. The van der Waals surface area contributed by atoms with Crippen LogP contribution in [0.25, 0.3) is 0 Å². The van der Waals surface area contributed by atoms with Gasteiger partial charge >= 0.3 is 6.03 Å². The van der Waals surface area contributed by atoms with Crippen LogP contribution in [-0.4, -0.2) is 18.9 Å². The fraction of sp³-hybridized carbons (Fsp3) is 0.316. The molecule has 0 atom stereocenters. The Hall–Kier alpha value is -2.14. The SMILES string of the molecule is CCCCOc1ccc(NC(=O)NCc2ccc(SC)cc2)cc1. The molecule has 2 aromatic carbocycles. The minimum Gasteiger partial charge on any atom is -0.494 e. The molecule has 24 heavy (non-hydrogen) atoms. The molecule has 4 nitrogen and oxygen atoms in total. The molecule has 0 radical (unpaired) electrons. The summed E-state index contributed by atoms with van der Waals surface area (Å²) in [6.45, 7) is 3.35. The minimum absolute atomic E-state index is 0.219. The molecule has 5 heteroatoms. The van der Waals surface area contributed by atoms with Gasteiger partial charge in [0.15, 0.2) is 0 Å². The predicted molar refractivity (Wildman–Crippen MR) is 101 cm³/mol. The molecule has 0 saturated carbocycles. The van der Waals surface area contributed by atoms with Crippen molar-refractivity contribution in [3.8, 4) is 5.75 Å². The standard InChI is InChI=1S/C19H24N2O2S/c1-3-4-13-23-17-9-7-16(8-10-17)21-19(22)20-14-15-5-11-18(24-2)12-6-15/h5-12H,3-4,13-14H2,1-2H3,(H2,20,21,22). The predicted octanol–water partition coefficient (Wildman–Crippen LogP) is 4.91. The monoisotopic (exact) mass is 344 g/mol. The van der Waals surface area contributed by atoms with Crippen molar-refractivity contribution in [3.05, 3.63) is 54.1 Å². The Morgan fingerprint density at radius 3 is 2.42 bits per heavy atom. The molecule has 2 N–H and O–H groups in total. The van der Waals surface area contributed by atoms with E-state index in [1.165, 1.54) is 4.90 Å². The molecule has 0 unspecified atom stereocenters. The van der Waals surface area contributed by atoms with E-state index in [4.69, 9.17) is 4.74 Å². The highest BCUT2D eigenvalue weighted by Crippen LogP contribution is 2.16. The van der Waals surface area contributed by atoms with Crippen molar-refractivity contribution in [1.29, 1.82) is 0 Å². The van der Waals surface area contributed by atoms with Crippen molar-refractivity contribution >= 4 is 23.5 Å². The van der Waals surface area contributed by atoms with Crippen LogP contribution in [0.4, 0.5) is 10.5 Å². The largest absolute Gasteiger partial charge is 0.494 e. The summed E-state index contributed by atoms with van der Waals surface area (Å²) >= 11 is 1.70. The van der Waals surface area contributed by atoms with Gasteiger partial charge in [0.2, 0.25) is 0 Å². The average Bonchev–Trinajstić information content (AvgIpc) is 2.62. The smallest absolute Gasteiger partial charge is 0.319 e. The van der Waals surface area contributed by atoms with E-state index in [2.05, 4.69) is 29.7 Å². The lowest BCUT2D eigenvalue weighted by molar-refractivity contribution is 0.251. The van der Waals surface area contributed by atoms with Gasteiger partial charge < -0.3 is 15.4 Å². The van der Waals surface area contributed by atoms with Crippen LogP contribution in [0.2, 0.25) is 0 Å². The van der Waals surface area contributed by atoms with Crippen LogP contribution < -0.4 is 15.4 Å². The summed E-state index contributed by atoms with van der Waals surface area (Å²) in [7, 11) is 0. The molecule has 0 aliphatic carbocycles. The second-order valence-electron chi connectivity index (χ2n) is 5.38. The third-order valence-corrected chi connectivity index (χ3v) is 4.23. The van der Waals surface area contributed by atoms with E-state index in [1.807, 2.05) is 42.7 Å². The van der Waals surface area contributed by atoms with Crippen LogP contribution >= 0.6 is 11.8 Å². The number of thioether (sulfide) groups is 1. The molecular weight excluding hydrogens is 320 g/mol. The fourth-order valence-electron chi connectivity index (χ4n) is 2.07. The number of ether oxygens (including phenoxy) is 1. The van der Waals surface area contributed by atoms with Gasteiger partial charge in [-0.15, -0.1) is 11.8 Å². The van der Waals surface area contributed by atoms with E-state index in [9.17, 15) is 4.79 Å². The van der Waals surface area contributed by atoms with E-state index in [-0.39, 0.29) is 6.03 Å². The van der Waals surface area contributed by atoms with Crippen LogP contribution in [0.5, 0.6) is 5.75 Å². The zero-order valence-electron chi connectivity index (χ0n) is 14.2. The Labute approximate surface area is 148 Å². The Bertz CT molecular complexity index is 627. The topological polar surface area (TPSA) is 50.4 Å². The van der Waals surface area contributed by atoms with Gasteiger partial charge in [-0.3, -0.25) is 0 Å². The van der Waals surface area contributed by atoms with Gasteiger partial charge in [-0.2, -0.15) is 0 Å². The van der Waals surface area contributed by atoms with Crippen LogP contribution in [0.15, 0.2) is 53.4 Å². The van der Waals surface area contributed by atoms with Crippen LogP contribution in [0.1, 0.15) is 25.3 Å². The first-order valence-electron chi connectivity index (χ1n) is 8.12. The number of benzene rings is 2. The number of carbonyl (C=O) groups excluding carboxylic acids is 1. The van der Waals surface area contributed by atoms with Gasteiger partial charge in [0.05, 0.1) is 6.61 Å². The zero-order chi connectivity index (χ0) is 17.2. The third kappa shape index (κ3) is 6.16. The summed E-state index contributed by atoms with van der Waals surface area (Å²) in [5.41, 5.74) is 1.82. The number of urea groups is 1. The van der Waals surface area contributed by atoms with E-state index < -0.39 is 0 Å². The number of rotatable bonds is 8. The summed E-state index contributed by atoms with van der Waals surface area (Å²) in [4.78, 5) is 13.2. The van der Waals surface area contributed by atoms with E-state index in [0.717, 1.165) is 36.4 Å². The summed E-state index contributed by atoms with van der Waals surface area (Å²) in [6.07, 6.45) is 4.20. The molecule has 0 saturated heterocycles. The molecule has 0 heterocycles. The molecule has 2 rings (SSSR count). The molecule has 2 amide bonds. The molecule has 0 aliphatic rings. The first-order valence-corrected chi connectivity index (χ1v) is 9.34. The molecule has 0 spiro atoms. The molecule has 0 fully saturated rings. The molecule has 2 aromatic rings. The van der Waals surface area contributed by atoms with Crippen molar-refractivity contribution < 1.29 is 9.53 Å². The Balaban J connectivity index is 1.76. The lowest BCUT2D eigenvalue weighted by Gasteiger charge is -2.09. The summed E-state index contributed by atoms with van der Waals surface area (Å²) in [5, 5.41) is 5.67. The molecule has 128 valence electrons. The van der Waals surface area contributed by atoms with Crippen molar-refractivity contribution in [2.24, 2.45) is 0 Å². The number of carbonyl (C=O) groups is 1. The minimum atomic E-state index is -0.219. The highest BCUT2D eigenvalue weighted by molar-refractivity contribution is 7.98. The first-order chi connectivity index (χ1) is 11.7.